The lowest BCUT2D eigenvalue weighted by Crippen LogP contribution is -2.00. The third-order valence-electron chi connectivity index (χ3n) is 8.23. The number of hydrogen-bond acceptors (Lipinski definition) is 4. The van der Waals surface area contributed by atoms with Crippen LogP contribution >= 0.6 is 0 Å². The van der Waals surface area contributed by atoms with Gasteiger partial charge in [0.15, 0.2) is 17.5 Å². The van der Waals surface area contributed by atoms with E-state index in [2.05, 4.69) is 89.9 Å². The molecule has 0 spiro atoms. The van der Waals surface area contributed by atoms with Crippen molar-refractivity contribution in [2.75, 3.05) is 0 Å². The second kappa shape index (κ2) is 12.0. The van der Waals surface area contributed by atoms with Gasteiger partial charge < -0.3 is 0 Å². The Morgan fingerprint density at radius 1 is 0.283 bits per heavy atom. The van der Waals surface area contributed by atoms with Crippen molar-refractivity contribution in [3.63, 3.8) is 0 Å². The van der Waals surface area contributed by atoms with E-state index in [4.69, 9.17) is 15.0 Å². The molecule has 0 saturated carbocycles. The van der Waals surface area contributed by atoms with Crippen LogP contribution in [0, 0.1) is 0 Å². The molecule has 8 rings (SSSR count). The standard InChI is InChI=1S/C42H28N4/c1-3-11-32(12-4-1)40-44-41(33-13-5-2-6-14-33)46-42(45-40)34-26-22-30(23-27-34)36-16-10-17-37-35(15-9-18-38(36)37)29-20-24-31(25-21-29)39-19-7-8-28-43-39/h1-28H. The fraction of sp³-hybridized carbons (Fsp3) is 0. The van der Waals surface area contributed by atoms with Gasteiger partial charge in [0.1, 0.15) is 0 Å². The molecule has 0 aliphatic carbocycles. The summed E-state index contributed by atoms with van der Waals surface area (Å²) < 4.78 is 0. The van der Waals surface area contributed by atoms with Crippen molar-refractivity contribution in [1.82, 2.24) is 19.9 Å². The van der Waals surface area contributed by atoms with Crippen LogP contribution in [0.5, 0.6) is 0 Å². The highest BCUT2D eigenvalue weighted by atomic mass is 15.0. The maximum Gasteiger partial charge on any atom is 0.164 e. The van der Waals surface area contributed by atoms with E-state index in [-0.39, 0.29) is 0 Å². The molecule has 46 heavy (non-hydrogen) atoms. The molecule has 4 nitrogen and oxygen atoms in total. The summed E-state index contributed by atoms with van der Waals surface area (Å²) in [4.78, 5) is 19.1. The van der Waals surface area contributed by atoms with E-state index in [0.717, 1.165) is 33.5 Å². The van der Waals surface area contributed by atoms with Crippen LogP contribution < -0.4 is 0 Å². The van der Waals surface area contributed by atoms with Crippen molar-refractivity contribution in [3.05, 3.63) is 170 Å². The van der Waals surface area contributed by atoms with Crippen LogP contribution in [-0.4, -0.2) is 19.9 Å². The van der Waals surface area contributed by atoms with Crippen LogP contribution in [0.1, 0.15) is 0 Å². The van der Waals surface area contributed by atoms with Gasteiger partial charge >= 0.3 is 0 Å². The molecule has 0 aliphatic heterocycles. The van der Waals surface area contributed by atoms with Gasteiger partial charge in [-0.1, -0.05) is 152 Å². The summed E-state index contributed by atoms with van der Waals surface area (Å²) in [6, 6.07) is 56.4. The Morgan fingerprint density at radius 2 is 0.696 bits per heavy atom. The Hall–Kier alpha value is -6.26. The molecule has 4 heteroatoms. The van der Waals surface area contributed by atoms with Gasteiger partial charge in [0, 0.05) is 28.5 Å². The highest BCUT2D eigenvalue weighted by Gasteiger charge is 2.13. The second-order valence-corrected chi connectivity index (χ2v) is 11.1. The SMILES string of the molecule is c1ccc(-c2nc(-c3ccccc3)nc(-c3ccc(-c4cccc5c(-c6ccc(-c7ccccn7)cc6)cccc45)cc3)n2)cc1. The molecule has 6 aromatic carbocycles. The van der Waals surface area contributed by atoms with Crippen molar-refractivity contribution in [2.45, 2.75) is 0 Å². The molecule has 0 N–H and O–H groups in total. The summed E-state index contributed by atoms with van der Waals surface area (Å²) >= 11 is 0. The average molecular weight is 589 g/mol. The molecule has 0 amide bonds. The molecule has 0 aliphatic rings. The Kier molecular flexibility index (Phi) is 7.14. The van der Waals surface area contributed by atoms with Crippen molar-refractivity contribution in [1.29, 1.82) is 0 Å². The maximum absolute atomic E-state index is 4.90. The molecule has 2 heterocycles. The summed E-state index contributed by atoms with van der Waals surface area (Å²) in [5, 5.41) is 2.42. The molecular formula is C42H28N4. The van der Waals surface area contributed by atoms with Gasteiger partial charge in [0.05, 0.1) is 5.69 Å². The summed E-state index contributed by atoms with van der Waals surface area (Å²) in [7, 11) is 0. The van der Waals surface area contributed by atoms with Crippen LogP contribution in [0.25, 0.3) is 78.4 Å². The minimum atomic E-state index is 0.647. The summed E-state index contributed by atoms with van der Waals surface area (Å²) in [5.74, 6) is 1.96. The lowest BCUT2D eigenvalue weighted by atomic mass is 9.92. The van der Waals surface area contributed by atoms with Crippen molar-refractivity contribution in [3.8, 4) is 67.7 Å². The zero-order chi connectivity index (χ0) is 30.7. The third-order valence-corrected chi connectivity index (χ3v) is 8.23. The Morgan fingerprint density at radius 3 is 1.15 bits per heavy atom. The van der Waals surface area contributed by atoms with Crippen LogP contribution in [0.15, 0.2) is 170 Å². The molecule has 0 bridgehead atoms. The molecule has 0 saturated heterocycles. The first-order valence-corrected chi connectivity index (χ1v) is 15.3. The third kappa shape index (κ3) is 5.33. The Labute approximate surface area is 267 Å². The smallest absolute Gasteiger partial charge is 0.164 e. The predicted octanol–water partition coefficient (Wildman–Crippen LogP) is 10.4. The van der Waals surface area contributed by atoms with Gasteiger partial charge in [-0.25, -0.2) is 15.0 Å². The molecule has 0 atom stereocenters. The molecule has 8 aromatic rings. The van der Waals surface area contributed by atoms with E-state index >= 15 is 0 Å². The largest absolute Gasteiger partial charge is 0.256 e. The highest BCUT2D eigenvalue weighted by Crippen LogP contribution is 2.36. The molecule has 0 unspecified atom stereocenters. The first-order chi connectivity index (χ1) is 22.8. The zero-order valence-corrected chi connectivity index (χ0v) is 25.0. The Bertz CT molecular complexity index is 2210. The topological polar surface area (TPSA) is 51.6 Å². The van der Waals surface area contributed by atoms with Crippen LogP contribution in [0.4, 0.5) is 0 Å². The van der Waals surface area contributed by atoms with Crippen molar-refractivity contribution >= 4 is 10.8 Å². The normalized spacial score (nSPS) is 11.0. The molecule has 0 radical (unpaired) electrons. The van der Waals surface area contributed by atoms with Crippen molar-refractivity contribution in [2.24, 2.45) is 0 Å². The van der Waals surface area contributed by atoms with Gasteiger partial charge in [-0.3, -0.25) is 4.98 Å². The fourth-order valence-corrected chi connectivity index (χ4v) is 5.90. The highest BCUT2D eigenvalue weighted by molar-refractivity contribution is 6.04. The maximum atomic E-state index is 4.90. The first-order valence-electron chi connectivity index (χ1n) is 15.3. The number of aromatic nitrogens is 4. The van der Waals surface area contributed by atoms with E-state index in [9.17, 15) is 0 Å². The monoisotopic (exact) mass is 588 g/mol. The Balaban J connectivity index is 1.16. The van der Waals surface area contributed by atoms with Crippen LogP contribution in [0.2, 0.25) is 0 Å². The van der Waals surface area contributed by atoms with Gasteiger partial charge in [0.25, 0.3) is 0 Å². The van der Waals surface area contributed by atoms with Gasteiger partial charge in [-0.15, -0.1) is 0 Å². The van der Waals surface area contributed by atoms with Crippen LogP contribution in [0.3, 0.4) is 0 Å². The second-order valence-electron chi connectivity index (χ2n) is 11.1. The number of nitrogens with zero attached hydrogens (tertiary/aromatic N) is 4. The van der Waals surface area contributed by atoms with E-state index in [1.54, 1.807) is 0 Å². The summed E-state index contributed by atoms with van der Waals surface area (Å²) in [5.41, 5.74) is 9.63. The number of rotatable bonds is 6. The summed E-state index contributed by atoms with van der Waals surface area (Å²) in [6.07, 6.45) is 1.83. The van der Waals surface area contributed by atoms with Gasteiger partial charge in [-0.05, 0) is 45.2 Å². The number of pyridine rings is 1. The number of benzene rings is 6. The molecule has 0 fully saturated rings. The minimum absolute atomic E-state index is 0.647. The van der Waals surface area contributed by atoms with Gasteiger partial charge in [-0.2, -0.15) is 0 Å². The molecule has 216 valence electrons. The summed E-state index contributed by atoms with van der Waals surface area (Å²) in [6.45, 7) is 0. The minimum Gasteiger partial charge on any atom is -0.256 e. The lowest BCUT2D eigenvalue weighted by Gasteiger charge is -2.12. The van der Waals surface area contributed by atoms with E-state index < -0.39 is 0 Å². The molecule has 2 aromatic heterocycles. The predicted molar refractivity (Wildman–Crippen MR) is 188 cm³/mol. The van der Waals surface area contributed by atoms with Crippen molar-refractivity contribution < 1.29 is 0 Å². The number of fused-ring (bicyclic) bond motifs is 1. The molecular weight excluding hydrogens is 560 g/mol. The quantitative estimate of drug-likeness (QED) is 0.194. The fourth-order valence-electron chi connectivity index (χ4n) is 5.90. The first kappa shape index (κ1) is 27.3. The van der Waals surface area contributed by atoms with Gasteiger partial charge in [0.2, 0.25) is 0 Å². The van der Waals surface area contributed by atoms with E-state index in [1.807, 2.05) is 85.1 Å². The average Bonchev–Trinajstić information content (AvgIpc) is 3.15. The van der Waals surface area contributed by atoms with E-state index in [1.165, 1.54) is 27.5 Å². The lowest BCUT2D eigenvalue weighted by molar-refractivity contribution is 1.07. The van der Waals surface area contributed by atoms with E-state index in [0.29, 0.717) is 17.5 Å². The number of hydrogen-bond donors (Lipinski definition) is 0. The van der Waals surface area contributed by atoms with Crippen LogP contribution in [-0.2, 0) is 0 Å². The zero-order valence-electron chi connectivity index (χ0n) is 25.0.